The number of carbonyl (C=O) groups excluding carboxylic acids is 1. The number of hydrogen-bond donors (Lipinski definition) is 0. The van der Waals surface area contributed by atoms with Crippen LogP contribution in [0.25, 0.3) is 11.0 Å². The number of hydrogen-bond acceptors (Lipinski definition) is 3. The lowest BCUT2D eigenvalue weighted by Gasteiger charge is -2.22. The van der Waals surface area contributed by atoms with Crippen LogP contribution in [-0.4, -0.2) is 27.2 Å². The number of carbonyl (C=O) groups is 1. The van der Waals surface area contributed by atoms with Crippen molar-refractivity contribution >= 4 is 22.6 Å². The SMILES string of the molecule is C=CCN(C(=O)c1cc(C)nc2c1c(C)nn2C)c1ccccc1. The van der Waals surface area contributed by atoms with Gasteiger partial charge in [0, 0.05) is 25.0 Å². The summed E-state index contributed by atoms with van der Waals surface area (Å²) in [5, 5.41) is 5.22. The molecule has 0 aliphatic carbocycles. The van der Waals surface area contributed by atoms with E-state index in [1.807, 2.05) is 57.3 Å². The van der Waals surface area contributed by atoms with Gasteiger partial charge in [0.25, 0.3) is 5.91 Å². The van der Waals surface area contributed by atoms with Gasteiger partial charge in [-0.2, -0.15) is 5.10 Å². The molecule has 0 saturated heterocycles. The molecule has 0 aliphatic heterocycles. The van der Waals surface area contributed by atoms with Gasteiger partial charge in [-0.25, -0.2) is 4.98 Å². The summed E-state index contributed by atoms with van der Waals surface area (Å²) in [5.74, 6) is -0.0762. The van der Waals surface area contributed by atoms with Crippen LogP contribution in [0.5, 0.6) is 0 Å². The first-order valence-electron chi connectivity index (χ1n) is 7.81. The molecule has 2 aromatic heterocycles. The smallest absolute Gasteiger partial charge is 0.259 e. The van der Waals surface area contributed by atoms with Crippen LogP contribution in [-0.2, 0) is 7.05 Å². The molecule has 24 heavy (non-hydrogen) atoms. The molecular formula is C19H20N4O. The minimum atomic E-state index is -0.0762. The van der Waals surface area contributed by atoms with E-state index in [1.54, 1.807) is 15.7 Å². The lowest BCUT2D eigenvalue weighted by atomic mass is 10.1. The van der Waals surface area contributed by atoms with E-state index in [-0.39, 0.29) is 5.91 Å². The highest BCUT2D eigenvalue weighted by molar-refractivity contribution is 6.14. The fourth-order valence-electron chi connectivity index (χ4n) is 2.93. The number of para-hydroxylation sites is 1. The largest absolute Gasteiger partial charge is 0.305 e. The molecule has 5 heteroatoms. The molecule has 1 aromatic carbocycles. The van der Waals surface area contributed by atoms with Crippen LogP contribution in [0.1, 0.15) is 21.7 Å². The first-order chi connectivity index (χ1) is 11.5. The normalized spacial score (nSPS) is 10.8. The van der Waals surface area contributed by atoms with Crippen molar-refractivity contribution in [2.24, 2.45) is 7.05 Å². The number of anilines is 1. The maximum absolute atomic E-state index is 13.3. The molecule has 2 heterocycles. The topological polar surface area (TPSA) is 51.0 Å². The summed E-state index contributed by atoms with van der Waals surface area (Å²) in [6, 6.07) is 11.4. The van der Waals surface area contributed by atoms with Gasteiger partial charge in [-0.3, -0.25) is 9.48 Å². The molecule has 3 rings (SSSR count). The third-order valence-corrected chi connectivity index (χ3v) is 3.95. The predicted molar refractivity (Wildman–Crippen MR) is 96.3 cm³/mol. The molecule has 0 bridgehead atoms. The second-order valence-electron chi connectivity index (χ2n) is 5.76. The van der Waals surface area contributed by atoms with Crippen molar-refractivity contribution in [3.63, 3.8) is 0 Å². The van der Waals surface area contributed by atoms with Gasteiger partial charge in [0.15, 0.2) is 5.65 Å². The first-order valence-corrected chi connectivity index (χ1v) is 7.81. The average Bonchev–Trinajstić information content (AvgIpc) is 2.86. The molecule has 0 fully saturated rings. The molecule has 0 saturated carbocycles. The van der Waals surface area contributed by atoms with Crippen molar-refractivity contribution in [3.05, 3.63) is 66.0 Å². The summed E-state index contributed by atoms with van der Waals surface area (Å²) in [5.41, 5.74) is 3.78. The Morgan fingerprint density at radius 3 is 2.67 bits per heavy atom. The molecular weight excluding hydrogens is 300 g/mol. The van der Waals surface area contributed by atoms with Crippen LogP contribution in [0.3, 0.4) is 0 Å². The molecule has 0 unspecified atom stereocenters. The summed E-state index contributed by atoms with van der Waals surface area (Å²) in [7, 11) is 1.84. The van der Waals surface area contributed by atoms with Gasteiger partial charge < -0.3 is 4.90 Å². The second kappa shape index (κ2) is 6.28. The van der Waals surface area contributed by atoms with Crippen molar-refractivity contribution in [2.45, 2.75) is 13.8 Å². The number of rotatable bonds is 4. The number of nitrogens with zero attached hydrogens (tertiary/aromatic N) is 4. The summed E-state index contributed by atoms with van der Waals surface area (Å²) >= 11 is 0. The molecule has 0 radical (unpaired) electrons. The molecule has 122 valence electrons. The summed E-state index contributed by atoms with van der Waals surface area (Å²) in [4.78, 5) is 19.5. The van der Waals surface area contributed by atoms with Gasteiger partial charge in [-0.1, -0.05) is 24.3 Å². The van der Waals surface area contributed by atoms with Crippen molar-refractivity contribution in [1.29, 1.82) is 0 Å². The third-order valence-electron chi connectivity index (χ3n) is 3.95. The van der Waals surface area contributed by atoms with Crippen LogP contribution in [0.2, 0.25) is 0 Å². The van der Waals surface area contributed by atoms with Gasteiger partial charge in [-0.15, -0.1) is 6.58 Å². The highest BCUT2D eigenvalue weighted by atomic mass is 16.2. The monoisotopic (exact) mass is 320 g/mol. The number of pyridine rings is 1. The fourth-order valence-corrected chi connectivity index (χ4v) is 2.93. The van der Waals surface area contributed by atoms with Crippen molar-refractivity contribution in [1.82, 2.24) is 14.8 Å². The minimum absolute atomic E-state index is 0.0762. The Kier molecular flexibility index (Phi) is 4.16. The zero-order valence-corrected chi connectivity index (χ0v) is 14.2. The minimum Gasteiger partial charge on any atom is -0.305 e. The summed E-state index contributed by atoms with van der Waals surface area (Å²) in [6.45, 7) is 8.00. The number of amides is 1. The van der Waals surface area contributed by atoms with Gasteiger partial charge in [-0.05, 0) is 32.0 Å². The Morgan fingerprint density at radius 1 is 1.29 bits per heavy atom. The Labute approximate surface area is 141 Å². The van der Waals surface area contributed by atoms with Gasteiger partial charge in [0.1, 0.15) is 0 Å². The summed E-state index contributed by atoms with van der Waals surface area (Å²) < 4.78 is 1.72. The van der Waals surface area contributed by atoms with E-state index in [0.29, 0.717) is 12.1 Å². The third kappa shape index (κ3) is 2.69. The quantitative estimate of drug-likeness (QED) is 0.692. The molecule has 1 amide bonds. The van der Waals surface area contributed by atoms with E-state index in [2.05, 4.69) is 16.7 Å². The molecule has 0 atom stereocenters. The molecule has 0 spiro atoms. The van der Waals surface area contributed by atoms with Crippen LogP contribution < -0.4 is 4.90 Å². The number of benzene rings is 1. The molecule has 0 aliphatic rings. The second-order valence-corrected chi connectivity index (χ2v) is 5.76. The van der Waals surface area contributed by atoms with Gasteiger partial charge in [0.2, 0.25) is 0 Å². The Morgan fingerprint density at radius 2 is 2.00 bits per heavy atom. The van der Waals surface area contributed by atoms with E-state index < -0.39 is 0 Å². The summed E-state index contributed by atoms with van der Waals surface area (Å²) in [6.07, 6.45) is 1.73. The lowest BCUT2D eigenvalue weighted by Crippen LogP contribution is -2.31. The maximum atomic E-state index is 13.3. The highest BCUT2D eigenvalue weighted by Crippen LogP contribution is 2.25. The van der Waals surface area contributed by atoms with E-state index in [1.165, 1.54) is 0 Å². The van der Waals surface area contributed by atoms with Gasteiger partial charge >= 0.3 is 0 Å². The zero-order chi connectivity index (χ0) is 17.3. The number of aryl methyl sites for hydroxylation is 3. The number of aromatic nitrogens is 3. The highest BCUT2D eigenvalue weighted by Gasteiger charge is 2.22. The first kappa shape index (κ1) is 15.9. The van der Waals surface area contributed by atoms with Crippen LogP contribution in [0.4, 0.5) is 5.69 Å². The Hall–Kier alpha value is -2.95. The maximum Gasteiger partial charge on any atom is 0.259 e. The predicted octanol–water partition coefficient (Wildman–Crippen LogP) is 3.42. The Bertz CT molecular complexity index is 912. The van der Waals surface area contributed by atoms with Crippen LogP contribution in [0.15, 0.2) is 49.1 Å². The van der Waals surface area contributed by atoms with Crippen LogP contribution in [0, 0.1) is 13.8 Å². The van der Waals surface area contributed by atoms with E-state index in [9.17, 15) is 4.79 Å². The fraction of sp³-hybridized carbons (Fsp3) is 0.211. The van der Waals surface area contributed by atoms with E-state index >= 15 is 0 Å². The zero-order valence-electron chi connectivity index (χ0n) is 14.2. The van der Waals surface area contributed by atoms with E-state index in [0.717, 1.165) is 28.1 Å². The van der Waals surface area contributed by atoms with Crippen molar-refractivity contribution < 1.29 is 4.79 Å². The standard InChI is InChI=1S/C19H20N4O/c1-5-11-23(15-9-7-6-8-10-15)19(24)16-12-13(2)20-18-17(16)14(3)21-22(18)4/h5-10,12H,1,11H2,2-4H3. The lowest BCUT2D eigenvalue weighted by molar-refractivity contribution is 0.0991. The van der Waals surface area contributed by atoms with Crippen molar-refractivity contribution in [2.75, 3.05) is 11.4 Å². The van der Waals surface area contributed by atoms with Crippen LogP contribution >= 0.6 is 0 Å². The van der Waals surface area contributed by atoms with E-state index in [4.69, 9.17) is 0 Å². The molecule has 5 nitrogen and oxygen atoms in total. The average molecular weight is 320 g/mol. The molecule has 0 N–H and O–H groups in total. The molecule has 3 aromatic rings. The van der Waals surface area contributed by atoms with Gasteiger partial charge in [0.05, 0.1) is 16.6 Å². The number of fused-ring (bicyclic) bond motifs is 1. The van der Waals surface area contributed by atoms with Crippen molar-refractivity contribution in [3.8, 4) is 0 Å². The Balaban J connectivity index is 2.18.